The fourth-order valence-electron chi connectivity index (χ4n) is 1.24. The van der Waals surface area contributed by atoms with Crippen LogP contribution in [-0.4, -0.2) is 28.9 Å². The van der Waals surface area contributed by atoms with Crippen LogP contribution < -0.4 is 0 Å². The van der Waals surface area contributed by atoms with E-state index in [1.165, 1.54) is 7.05 Å². The first kappa shape index (κ1) is 12.6. The van der Waals surface area contributed by atoms with Crippen molar-refractivity contribution in [2.24, 2.45) is 7.05 Å². The number of aryl methyl sites for hydroxylation is 1. The van der Waals surface area contributed by atoms with Crippen molar-refractivity contribution in [3.8, 4) is 0 Å². The lowest BCUT2D eigenvalue weighted by atomic mass is 10.2. The molecule has 0 aliphatic rings. The third kappa shape index (κ3) is 2.35. The van der Waals surface area contributed by atoms with Crippen molar-refractivity contribution < 1.29 is 27.8 Å². The van der Waals surface area contributed by atoms with Crippen molar-refractivity contribution in [2.75, 3.05) is 7.11 Å². The number of methoxy groups -OCH3 is 1. The first-order valence-corrected chi connectivity index (χ1v) is 4.26. The molecule has 1 N–H and O–H groups in total. The predicted molar refractivity (Wildman–Crippen MR) is 47.8 cm³/mol. The van der Waals surface area contributed by atoms with E-state index >= 15 is 0 Å². The zero-order chi connectivity index (χ0) is 12.5. The maximum atomic E-state index is 12.2. The summed E-state index contributed by atoms with van der Waals surface area (Å²) in [5.74, 6) is -0.761. The van der Waals surface area contributed by atoms with Crippen LogP contribution in [0.1, 0.15) is 22.2 Å². The summed E-state index contributed by atoms with van der Waals surface area (Å²) in [4.78, 5) is 11.1. The molecule has 16 heavy (non-hydrogen) atoms. The van der Waals surface area contributed by atoms with Gasteiger partial charge in [-0.25, -0.2) is 4.79 Å². The van der Waals surface area contributed by atoms with E-state index in [9.17, 15) is 18.0 Å². The number of nitrogens with zero attached hydrogens (tertiary/aromatic N) is 1. The molecule has 0 aliphatic carbocycles. The molecule has 1 unspecified atom stereocenters. The van der Waals surface area contributed by atoms with Gasteiger partial charge in [-0.3, -0.25) is 0 Å². The number of hydrogen-bond acceptors (Lipinski definition) is 3. The molecule has 0 saturated carbocycles. The summed E-state index contributed by atoms with van der Waals surface area (Å²) in [6, 6.07) is 0.948. The Bertz CT molecular complexity index is 397. The highest BCUT2D eigenvalue weighted by molar-refractivity contribution is 5.87. The van der Waals surface area contributed by atoms with E-state index in [-0.39, 0.29) is 5.69 Å². The van der Waals surface area contributed by atoms with Gasteiger partial charge in [-0.15, -0.1) is 0 Å². The number of aliphatic hydroxyl groups is 1. The zero-order valence-electron chi connectivity index (χ0n) is 8.58. The SMILES string of the molecule is COC(=O)c1cc(C(O)C(F)(F)F)cn1C. The summed E-state index contributed by atoms with van der Waals surface area (Å²) in [6.07, 6.45) is -6.32. The van der Waals surface area contributed by atoms with E-state index < -0.39 is 23.8 Å². The molecule has 0 fully saturated rings. The normalized spacial score (nSPS) is 13.6. The molecule has 0 saturated heterocycles. The molecule has 90 valence electrons. The number of alkyl halides is 3. The van der Waals surface area contributed by atoms with E-state index in [1.807, 2.05) is 0 Å². The highest BCUT2D eigenvalue weighted by Gasteiger charge is 2.40. The van der Waals surface area contributed by atoms with Crippen molar-refractivity contribution in [2.45, 2.75) is 12.3 Å². The van der Waals surface area contributed by atoms with Crippen LogP contribution in [0.25, 0.3) is 0 Å². The molecule has 1 aromatic heterocycles. The van der Waals surface area contributed by atoms with Gasteiger partial charge in [0.05, 0.1) is 7.11 Å². The number of carbonyl (C=O) groups is 1. The van der Waals surface area contributed by atoms with E-state index in [1.54, 1.807) is 0 Å². The number of carbonyl (C=O) groups excluding carboxylic acids is 1. The molecule has 0 aromatic carbocycles. The van der Waals surface area contributed by atoms with Crippen LogP contribution in [-0.2, 0) is 11.8 Å². The lowest BCUT2D eigenvalue weighted by Crippen LogP contribution is -2.19. The smallest absolute Gasteiger partial charge is 0.418 e. The number of halogens is 3. The first-order valence-electron chi connectivity index (χ1n) is 4.26. The van der Waals surface area contributed by atoms with Crippen molar-refractivity contribution in [1.82, 2.24) is 4.57 Å². The van der Waals surface area contributed by atoms with Crippen molar-refractivity contribution >= 4 is 5.97 Å². The number of aromatic nitrogens is 1. The van der Waals surface area contributed by atoms with Gasteiger partial charge >= 0.3 is 12.1 Å². The molecule has 1 heterocycles. The van der Waals surface area contributed by atoms with E-state index in [0.29, 0.717) is 0 Å². The number of aliphatic hydroxyl groups excluding tert-OH is 1. The number of ether oxygens (including phenoxy) is 1. The monoisotopic (exact) mass is 237 g/mol. The fraction of sp³-hybridized carbons (Fsp3) is 0.444. The summed E-state index contributed by atoms with van der Waals surface area (Å²) in [7, 11) is 2.51. The lowest BCUT2D eigenvalue weighted by Gasteiger charge is -2.12. The Morgan fingerprint density at radius 1 is 1.56 bits per heavy atom. The van der Waals surface area contributed by atoms with Crippen LogP contribution in [0.2, 0.25) is 0 Å². The molecule has 4 nitrogen and oxygen atoms in total. The number of hydrogen-bond donors (Lipinski definition) is 1. The average Bonchev–Trinajstić information content (AvgIpc) is 2.56. The first-order chi connectivity index (χ1) is 7.27. The molecule has 0 spiro atoms. The minimum absolute atomic E-state index is 0.0548. The Hall–Kier alpha value is -1.50. The van der Waals surface area contributed by atoms with Crippen molar-refractivity contribution in [3.05, 3.63) is 23.5 Å². The topological polar surface area (TPSA) is 51.5 Å². The van der Waals surface area contributed by atoms with Crippen molar-refractivity contribution in [3.63, 3.8) is 0 Å². The molecule has 0 radical (unpaired) electrons. The molecule has 1 rings (SSSR count). The molecule has 0 amide bonds. The van der Waals surface area contributed by atoms with Gasteiger partial charge in [0, 0.05) is 18.8 Å². The molecule has 1 aromatic rings. The Morgan fingerprint density at radius 3 is 2.56 bits per heavy atom. The van der Waals surface area contributed by atoms with Gasteiger partial charge in [-0.1, -0.05) is 0 Å². The number of esters is 1. The summed E-state index contributed by atoms with van der Waals surface area (Å²) >= 11 is 0. The Kier molecular flexibility index (Phi) is 3.27. The second-order valence-corrected chi connectivity index (χ2v) is 3.21. The largest absolute Gasteiger partial charge is 0.464 e. The molecule has 1 atom stereocenters. The second-order valence-electron chi connectivity index (χ2n) is 3.21. The molecular formula is C9H10F3NO3. The standard InChI is InChI=1S/C9H10F3NO3/c1-13-4-5(7(14)9(10,11)12)3-6(13)8(15)16-2/h3-4,7,14H,1-2H3. The summed E-state index contributed by atoms with van der Waals surface area (Å²) < 4.78 is 42.1. The third-order valence-corrected chi connectivity index (χ3v) is 2.05. The summed E-state index contributed by atoms with van der Waals surface area (Å²) in [6.45, 7) is 0. The fourth-order valence-corrected chi connectivity index (χ4v) is 1.24. The van der Waals surface area contributed by atoms with Gasteiger partial charge in [-0.05, 0) is 6.07 Å². The van der Waals surface area contributed by atoms with E-state index in [4.69, 9.17) is 5.11 Å². The highest BCUT2D eigenvalue weighted by atomic mass is 19.4. The molecule has 0 aliphatic heterocycles. The van der Waals surface area contributed by atoms with Crippen LogP contribution in [0.5, 0.6) is 0 Å². The van der Waals surface area contributed by atoms with Gasteiger partial charge in [0.25, 0.3) is 0 Å². The van der Waals surface area contributed by atoms with Crippen LogP contribution in [0.3, 0.4) is 0 Å². The van der Waals surface area contributed by atoms with Crippen LogP contribution in [0, 0.1) is 0 Å². The second kappa shape index (κ2) is 4.17. The Balaban J connectivity index is 3.06. The lowest BCUT2D eigenvalue weighted by molar-refractivity contribution is -0.206. The van der Waals surface area contributed by atoms with Crippen molar-refractivity contribution in [1.29, 1.82) is 0 Å². The molecule has 7 heteroatoms. The zero-order valence-corrected chi connectivity index (χ0v) is 8.58. The third-order valence-electron chi connectivity index (χ3n) is 2.05. The average molecular weight is 237 g/mol. The van der Waals surface area contributed by atoms with Gasteiger partial charge < -0.3 is 14.4 Å². The summed E-state index contributed by atoms with van der Waals surface area (Å²) in [5.41, 5.74) is -0.448. The van der Waals surface area contributed by atoms with Crippen LogP contribution >= 0.6 is 0 Å². The minimum Gasteiger partial charge on any atom is -0.464 e. The van der Waals surface area contributed by atoms with Gasteiger partial charge in [0.1, 0.15) is 5.69 Å². The maximum absolute atomic E-state index is 12.2. The predicted octanol–water partition coefficient (Wildman–Crippen LogP) is 1.41. The van der Waals surface area contributed by atoms with Gasteiger partial charge in [0.15, 0.2) is 6.10 Å². The Labute approximate surface area is 89.2 Å². The van der Waals surface area contributed by atoms with Gasteiger partial charge in [0.2, 0.25) is 0 Å². The minimum atomic E-state index is -4.76. The van der Waals surface area contributed by atoms with Crippen LogP contribution in [0.4, 0.5) is 13.2 Å². The quantitative estimate of drug-likeness (QED) is 0.791. The molecular weight excluding hydrogens is 227 g/mol. The number of rotatable bonds is 2. The van der Waals surface area contributed by atoms with Crippen LogP contribution in [0.15, 0.2) is 12.3 Å². The summed E-state index contributed by atoms with van der Waals surface area (Å²) in [5, 5.41) is 8.96. The Morgan fingerprint density at radius 2 is 2.12 bits per heavy atom. The highest BCUT2D eigenvalue weighted by Crippen LogP contribution is 2.33. The van der Waals surface area contributed by atoms with E-state index in [0.717, 1.165) is 23.9 Å². The van der Waals surface area contributed by atoms with Gasteiger partial charge in [-0.2, -0.15) is 13.2 Å². The maximum Gasteiger partial charge on any atom is 0.418 e. The van der Waals surface area contributed by atoms with E-state index in [2.05, 4.69) is 4.74 Å². The molecule has 0 bridgehead atoms.